The lowest BCUT2D eigenvalue weighted by Crippen LogP contribution is -2.43. The Balaban J connectivity index is 0.00000338. The van der Waals surface area contributed by atoms with Gasteiger partial charge in [-0.3, -0.25) is 0 Å². The smallest absolute Gasteiger partial charge is 0.216 e. The van der Waals surface area contributed by atoms with Gasteiger partial charge in [-0.1, -0.05) is 43.7 Å². The molecule has 144 valence electrons. The third-order valence-electron chi connectivity index (χ3n) is 4.29. The van der Waals surface area contributed by atoms with Gasteiger partial charge < -0.3 is 15.1 Å². The van der Waals surface area contributed by atoms with Crippen LogP contribution in [0.3, 0.4) is 0 Å². The molecule has 0 aliphatic heterocycles. The molecule has 0 bridgehead atoms. The predicted octanol–water partition coefficient (Wildman–Crippen LogP) is 4.25. The molecule has 0 aliphatic carbocycles. The van der Waals surface area contributed by atoms with Crippen LogP contribution in [0, 0.1) is 20.8 Å². The fourth-order valence-electron chi connectivity index (χ4n) is 2.57. The Hall–Kier alpha value is -1.57. The minimum absolute atomic E-state index is 0. The molecule has 0 saturated heterocycles. The lowest BCUT2D eigenvalue weighted by atomic mass is 9.84. The molecule has 0 aliphatic rings. The maximum atomic E-state index is 5.60. The first-order valence-corrected chi connectivity index (χ1v) is 8.84. The molecule has 0 unspecified atom stereocenters. The van der Waals surface area contributed by atoms with Crippen molar-refractivity contribution in [1.29, 1.82) is 0 Å². The largest absolute Gasteiger partial charge is 0.444 e. The summed E-state index contributed by atoms with van der Waals surface area (Å²) in [6.45, 7) is 14.5. The number of rotatable bonds is 6. The van der Waals surface area contributed by atoms with Crippen LogP contribution in [0.5, 0.6) is 0 Å². The second-order valence-electron chi connectivity index (χ2n) is 7.05. The van der Waals surface area contributed by atoms with E-state index in [0.717, 1.165) is 30.5 Å². The number of nitrogens with zero attached hydrogens (tertiary/aromatic N) is 2. The molecule has 5 nitrogen and oxygen atoms in total. The molecular formula is C20H31IN4O. The van der Waals surface area contributed by atoms with E-state index in [1.54, 1.807) is 0 Å². The van der Waals surface area contributed by atoms with Gasteiger partial charge in [0.25, 0.3) is 0 Å². The highest BCUT2D eigenvalue weighted by atomic mass is 127. The molecule has 0 saturated carbocycles. The van der Waals surface area contributed by atoms with Crippen LogP contribution in [0.4, 0.5) is 0 Å². The van der Waals surface area contributed by atoms with Crippen LogP contribution in [-0.4, -0.2) is 24.0 Å². The van der Waals surface area contributed by atoms with Gasteiger partial charge in [0.2, 0.25) is 5.89 Å². The molecule has 0 amide bonds. The highest BCUT2D eigenvalue weighted by molar-refractivity contribution is 14.0. The number of hydrogen-bond donors (Lipinski definition) is 2. The topological polar surface area (TPSA) is 62.5 Å². The van der Waals surface area contributed by atoms with E-state index in [-0.39, 0.29) is 29.4 Å². The quantitative estimate of drug-likeness (QED) is 0.377. The van der Waals surface area contributed by atoms with Gasteiger partial charge in [-0.05, 0) is 33.3 Å². The zero-order valence-corrected chi connectivity index (χ0v) is 19.0. The van der Waals surface area contributed by atoms with Crippen LogP contribution in [0.15, 0.2) is 33.7 Å². The number of guanidine groups is 1. The number of nitrogens with one attached hydrogen (secondary N) is 2. The Labute approximate surface area is 174 Å². The summed E-state index contributed by atoms with van der Waals surface area (Å²) in [6, 6.07) is 8.65. The van der Waals surface area contributed by atoms with Crippen molar-refractivity contribution in [2.24, 2.45) is 4.99 Å². The van der Waals surface area contributed by atoms with Crippen LogP contribution in [0.1, 0.15) is 49.2 Å². The molecule has 2 N–H and O–H groups in total. The summed E-state index contributed by atoms with van der Waals surface area (Å²) in [4.78, 5) is 8.97. The summed E-state index contributed by atoms with van der Waals surface area (Å²) in [6.07, 6.45) is 0. The van der Waals surface area contributed by atoms with E-state index in [2.05, 4.69) is 72.6 Å². The second-order valence-corrected chi connectivity index (χ2v) is 7.05. The fraction of sp³-hybridized carbons (Fsp3) is 0.500. The van der Waals surface area contributed by atoms with Gasteiger partial charge in [0.05, 0.1) is 5.69 Å². The van der Waals surface area contributed by atoms with Gasteiger partial charge in [0.15, 0.2) is 5.96 Å². The lowest BCUT2D eigenvalue weighted by molar-refractivity contribution is 0.471. The van der Waals surface area contributed by atoms with Crippen molar-refractivity contribution >= 4 is 29.9 Å². The van der Waals surface area contributed by atoms with Gasteiger partial charge in [-0.2, -0.15) is 0 Å². The van der Waals surface area contributed by atoms with E-state index < -0.39 is 0 Å². The average Bonchev–Trinajstić information content (AvgIpc) is 2.88. The van der Waals surface area contributed by atoms with Crippen molar-refractivity contribution < 1.29 is 4.42 Å². The van der Waals surface area contributed by atoms with Crippen molar-refractivity contribution in [2.45, 2.75) is 53.5 Å². The lowest BCUT2D eigenvalue weighted by Gasteiger charge is -2.27. The van der Waals surface area contributed by atoms with E-state index >= 15 is 0 Å². The van der Waals surface area contributed by atoms with Gasteiger partial charge in [-0.15, -0.1) is 24.0 Å². The number of aliphatic imine (C=N–C) groups is 1. The molecule has 26 heavy (non-hydrogen) atoms. The molecule has 6 heteroatoms. The number of benzene rings is 1. The molecular weight excluding hydrogens is 439 g/mol. The molecule has 2 aromatic rings. The molecule has 1 aromatic heterocycles. The Morgan fingerprint density at radius 3 is 2.50 bits per heavy atom. The molecule has 1 heterocycles. The summed E-state index contributed by atoms with van der Waals surface area (Å²) in [5, 5.41) is 6.72. The highest BCUT2D eigenvalue weighted by Gasteiger charge is 2.21. The Kier molecular flexibility index (Phi) is 8.59. The summed E-state index contributed by atoms with van der Waals surface area (Å²) in [5.41, 5.74) is 3.51. The number of hydrogen-bond acceptors (Lipinski definition) is 3. The van der Waals surface area contributed by atoms with E-state index in [0.29, 0.717) is 12.4 Å². The minimum atomic E-state index is -0.00167. The fourth-order valence-corrected chi connectivity index (χ4v) is 2.57. The van der Waals surface area contributed by atoms with Crippen molar-refractivity contribution in [3.63, 3.8) is 0 Å². The molecule has 0 spiro atoms. The summed E-state index contributed by atoms with van der Waals surface area (Å²) < 4.78 is 5.60. The van der Waals surface area contributed by atoms with E-state index in [9.17, 15) is 0 Å². The van der Waals surface area contributed by atoms with Gasteiger partial charge in [0, 0.05) is 18.5 Å². The monoisotopic (exact) mass is 470 g/mol. The molecule has 0 radical (unpaired) electrons. The summed E-state index contributed by atoms with van der Waals surface area (Å²) >= 11 is 0. The third-order valence-corrected chi connectivity index (χ3v) is 4.29. The molecule has 0 atom stereocenters. The maximum Gasteiger partial charge on any atom is 0.216 e. The zero-order chi connectivity index (χ0) is 18.4. The van der Waals surface area contributed by atoms with Crippen LogP contribution in [-0.2, 0) is 12.0 Å². The van der Waals surface area contributed by atoms with E-state index in [1.807, 2.05) is 13.8 Å². The van der Waals surface area contributed by atoms with Gasteiger partial charge in [0.1, 0.15) is 12.3 Å². The first-order chi connectivity index (χ1) is 11.8. The van der Waals surface area contributed by atoms with Crippen molar-refractivity contribution in [3.05, 3.63) is 52.7 Å². The molecule has 1 aromatic carbocycles. The molecule has 2 rings (SSSR count). The molecule has 0 fully saturated rings. The number of halogens is 1. The number of aromatic nitrogens is 1. The minimum Gasteiger partial charge on any atom is -0.444 e. The number of aryl methyl sites for hydroxylation is 3. The van der Waals surface area contributed by atoms with Crippen molar-refractivity contribution in [2.75, 3.05) is 13.1 Å². The van der Waals surface area contributed by atoms with Crippen molar-refractivity contribution in [3.8, 4) is 0 Å². The van der Waals surface area contributed by atoms with Crippen LogP contribution >= 0.6 is 24.0 Å². The average molecular weight is 470 g/mol. The van der Waals surface area contributed by atoms with Gasteiger partial charge in [-0.25, -0.2) is 9.98 Å². The standard InChI is InChI=1S/C20H30N4O.HI/c1-7-21-19(22-12-18-24-15(3)16(4)25-18)23-13-20(5,6)17-10-8-9-14(2)11-17;/h8-11H,7,12-13H2,1-6H3,(H2,21,22,23);1H. The first-order valence-electron chi connectivity index (χ1n) is 8.84. The predicted molar refractivity (Wildman–Crippen MR) is 118 cm³/mol. The zero-order valence-electron chi connectivity index (χ0n) is 16.6. The Morgan fingerprint density at radius 2 is 1.92 bits per heavy atom. The Bertz CT molecular complexity index is 718. The second kappa shape index (κ2) is 9.94. The van der Waals surface area contributed by atoms with Crippen molar-refractivity contribution in [1.82, 2.24) is 15.6 Å². The van der Waals surface area contributed by atoms with Crippen LogP contribution < -0.4 is 10.6 Å². The summed E-state index contributed by atoms with van der Waals surface area (Å²) in [7, 11) is 0. The highest BCUT2D eigenvalue weighted by Crippen LogP contribution is 2.23. The third kappa shape index (κ3) is 6.30. The first kappa shape index (κ1) is 22.5. The van der Waals surface area contributed by atoms with Gasteiger partial charge >= 0.3 is 0 Å². The SMILES string of the molecule is CCNC(=NCc1nc(C)c(C)o1)NCC(C)(C)c1cccc(C)c1.I. The normalized spacial score (nSPS) is 11.8. The maximum absolute atomic E-state index is 5.60. The number of oxazole rings is 1. The van der Waals surface area contributed by atoms with Crippen LogP contribution in [0.25, 0.3) is 0 Å². The summed E-state index contributed by atoms with van der Waals surface area (Å²) in [5.74, 6) is 2.27. The van der Waals surface area contributed by atoms with Crippen LogP contribution in [0.2, 0.25) is 0 Å². The van der Waals surface area contributed by atoms with E-state index in [4.69, 9.17) is 4.42 Å². The Morgan fingerprint density at radius 1 is 1.19 bits per heavy atom. The van der Waals surface area contributed by atoms with E-state index in [1.165, 1.54) is 11.1 Å².